The zero-order valence-corrected chi connectivity index (χ0v) is 9.12. The van der Waals surface area contributed by atoms with Gasteiger partial charge in [-0.25, -0.2) is 5.08 Å². The maximum atomic E-state index is 2.08. The van der Waals surface area contributed by atoms with E-state index in [9.17, 15) is 0 Å². The Balaban J connectivity index is 0. The number of thioether (sulfide) groups is 2. The molecule has 0 aliphatic carbocycles. The summed E-state index contributed by atoms with van der Waals surface area (Å²) in [6, 6.07) is 0. The molecule has 0 spiro atoms. The van der Waals surface area contributed by atoms with Crippen molar-refractivity contribution in [2.75, 3.05) is 0 Å². The van der Waals surface area contributed by atoms with E-state index >= 15 is 0 Å². The van der Waals surface area contributed by atoms with Crippen LogP contribution in [0.5, 0.6) is 0 Å². The first-order chi connectivity index (χ1) is 2.50. The quantitative estimate of drug-likeness (QED) is 0.372. The van der Waals surface area contributed by atoms with E-state index in [1.165, 1.54) is 0 Å². The summed E-state index contributed by atoms with van der Waals surface area (Å²) in [4.78, 5) is 0. The first kappa shape index (κ1) is 11.7. The van der Waals surface area contributed by atoms with Gasteiger partial charge in [-0.2, -0.15) is 0 Å². The van der Waals surface area contributed by atoms with Crippen LogP contribution in [0, 0.1) is 5.08 Å². The van der Waals surface area contributed by atoms with Crippen molar-refractivity contribution in [2.45, 2.75) is 0 Å². The largest absolute Gasteiger partial charge is 1.00 e. The van der Waals surface area contributed by atoms with E-state index in [2.05, 4.69) is 15.9 Å². The minimum Gasteiger partial charge on any atom is -0.313 e. The Morgan fingerprint density at radius 2 is 1.57 bits per heavy atom. The summed E-state index contributed by atoms with van der Waals surface area (Å²) in [6.07, 6.45) is 0. The molecule has 0 unspecified atom stereocenters. The van der Waals surface area contributed by atoms with Crippen LogP contribution in [0.2, 0.25) is 0 Å². The van der Waals surface area contributed by atoms with E-state index in [-0.39, 0.29) is 44.8 Å². The molecule has 0 atom stereocenters. The van der Waals surface area contributed by atoms with Gasteiger partial charge in [0.2, 0.25) is 0 Å². The van der Waals surface area contributed by atoms with Crippen LogP contribution in [0.4, 0.5) is 0 Å². The Morgan fingerprint density at radius 1 is 1.14 bits per heavy atom. The van der Waals surface area contributed by atoms with Gasteiger partial charge in [-0.3, -0.25) is 0 Å². The second kappa shape index (κ2) is 7.92. The van der Waals surface area contributed by atoms with Crippen LogP contribution in [0.25, 0.3) is 0 Å². The summed E-state index contributed by atoms with van der Waals surface area (Å²) in [6.45, 7) is 0. The topological polar surface area (TPSA) is 0 Å². The average molecular weight is 497 g/mol. The second-order valence-electron chi connectivity index (χ2n) is 0.641. The molecule has 0 nitrogen and oxygen atoms in total. The molecular formula is C3H3Au2S2. The summed E-state index contributed by atoms with van der Waals surface area (Å²) in [5, 5.41) is 6.20. The van der Waals surface area contributed by atoms with E-state index in [0.717, 1.165) is 0 Å². The molecule has 0 aromatic heterocycles. The van der Waals surface area contributed by atoms with Crippen LogP contribution in [-0.4, -0.2) is 0 Å². The van der Waals surface area contributed by atoms with Crippen LogP contribution < -0.4 is 0 Å². The van der Waals surface area contributed by atoms with Crippen LogP contribution in [-0.2, 0) is 44.8 Å². The minimum atomic E-state index is 0. The van der Waals surface area contributed by atoms with E-state index in [0.29, 0.717) is 0 Å². The summed E-state index contributed by atoms with van der Waals surface area (Å²) >= 11 is 3.46. The zero-order valence-electron chi connectivity index (χ0n) is 3.15. The first-order valence-electron chi connectivity index (χ1n) is 1.28. The van der Waals surface area contributed by atoms with Crippen molar-refractivity contribution in [2.24, 2.45) is 0 Å². The molecule has 0 aromatic rings. The number of hydrogen-bond acceptors (Lipinski definition) is 2. The second-order valence-corrected chi connectivity index (χ2v) is 2.50. The molecule has 0 saturated carbocycles. The van der Waals surface area contributed by atoms with Crippen molar-refractivity contribution in [1.82, 2.24) is 0 Å². The normalized spacial score (nSPS) is 14.9. The van der Waals surface area contributed by atoms with Gasteiger partial charge in [-0.1, -0.05) is 10.8 Å². The molecule has 0 amide bonds. The summed E-state index contributed by atoms with van der Waals surface area (Å²) in [7, 11) is 0. The zero-order chi connectivity index (χ0) is 3.54. The van der Waals surface area contributed by atoms with Gasteiger partial charge in [-0.05, 0) is 0 Å². The molecule has 0 aromatic carbocycles. The third-order valence-corrected chi connectivity index (χ3v) is 1.97. The van der Waals surface area contributed by atoms with Crippen molar-refractivity contribution < 1.29 is 44.8 Å². The van der Waals surface area contributed by atoms with Gasteiger partial charge in [0.15, 0.2) is 0 Å². The molecule has 0 fully saturated rings. The van der Waals surface area contributed by atoms with Crippen molar-refractivity contribution in [3.63, 3.8) is 0 Å². The van der Waals surface area contributed by atoms with Crippen LogP contribution in [0.1, 0.15) is 0 Å². The van der Waals surface area contributed by atoms with Gasteiger partial charge >= 0.3 is 22.4 Å². The van der Waals surface area contributed by atoms with Gasteiger partial charge in [0, 0.05) is 22.4 Å². The maximum absolute atomic E-state index is 2.08. The SMILES string of the molecule is C1=CS[CH-]S1.[Au+].[Au]. The third-order valence-electron chi connectivity index (χ3n) is 0.324. The standard InChI is InChI=1S/C3H3S2.2Au/c1-2-5-3-4-1;;/h1-3H;;/q-1;;+1. The predicted molar refractivity (Wildman–Crippen MR) is 28.6 cm³/mol. The van der Waals surface area contributed by atoms with E-state index in [1.807, 2.05) is 0 Å². The molecular weight excluding hydrogens is 494 g/mol. The van der Waals surface area contributed by atoms with E-state index in [1.54, 1.807) is 23.5 Å². The Hall–Kier alpha value is 1.92. The Kier molecular flexibility index (Phi) is 13.2. The fraction of sp³-hybridized carbons (Fsp3) is 0. The minimum absolute atomic E-state index is 0. The fourth-order valence-corrected chi connectivity index (χ4v) is 1.44. The van der Waals surface area contributed by atoms with Gasteiger partial charge in [0.05, 0.1) is 0 Å². The smallest absolute Gasteiger partial charge is 0.313 e. The third kappa shape index (κ3) is 5.80. The summed E-state index contributed by atoms with van der Waals surface area (Å²) < 4.78 is 0. The number of hydrogen-bond donors (Lipinski definition) is 0. The van der Waals surface area contributed by atoms with Crippen LogP contribution in [0.3, 0.4) is 0 Å². The van der Waals surface area contributed by atoms with Gasteiger partial charge in [-0.15, -0.1) is 0 Å². The molecule has 4 heteroatoms. The number of rotatable bonds is 0. The van der Waals surface area contributed by atoms with Crippen molar-refractivity contribution in [3.8, 4) is 0 Å². The Labute approximate surface area is 83.3 Å². The average Bonchev–Trinajstić information content (AvgIpc) is 1.76. The summed E-state index contributed by atoms with van der Waals surface area (Å²) in [5.41, 5.74) is 0. The monoisotopic (exact) mass is 497 g/mol. The molecule has 0 N–H and O–H groups in total. The van der Waals surface area contributed by atoms with Crippen LogP contribution in [0.15, 0.2) is 10.8 Å². The molecule has 7 heavy (non-hydrogen) atoms. The van der Waals surface area contributed by atoms with Gasteiger partial charge < -0.3 is 23.5 Å². The van der Waals surface area contributed by atoms with E-state index < -0.39 is 0 Å². The molecule has 1 aliphatic heterocycles. The first-order valence-corrected chi connectivity index (χ1v) is 3.16. The van der Waals surface area contributed by atoms with Gasteiger partial charge in [0.1, 0.15) is 0 Å². The van der Waals surface area contributed by atoms with E-state index in [4.69, 9.17) is 0 Å². The van der Waals surface area contributed by atoms with Gasteiger partial charge in [0.25, 0.3) is 0 Å². The van der Waals surface area contributed by atoms with Crippen molar-refractivity contribution in [1.29, 1.82) is 0 Å². The Bertz CT molecular complexity index is 48.9. The fourth-order valence-electron chi connectivity index (χ4n) is 0.160. The molecule has 1 rings (SSSR count). The molecule has 0 saturated heterocycles. The summed E-state index contributed by atoms with van der Waals surface area (Å²) in [5.74, 6) is 0. The van der Waals surface area contributed by atoms with Crippen LogP contribution >= 0.6 is 23.5 Å². The molecule has 1 aliphatic rings. The van der Waals surface area contributed by atoms with Crippen molar-refractivity contribution in [3.05, 3.63) is 15.9 Å². The van der Waals surface area contributed by atoms with Crippen molar-refractivity contribution >= 4 is 23.5 Å². The predicted octanol–water partition coefficient (Wildman–Crippen LogP) is 2.05. The molecule has 49 valence electrons. The maximum Gasteiger partial charge on any atom is 1.00 e. The Morgan fingerprint density at radius 3 is 1.71 bits per heavy atom. The molecule has 0 bridgehead atoms. The molecule has 1 radical (unpaired) electrons. The molecule has 1 heterocycles.